The number of nitrogens with zero attached hydrogens (tertiary/aromatic N) is 3. The van der Waals surface area contributed by atoms with Gasteiger partial charge in [0.25, 0.3) is 5.91 Å². The minimum atomic E-state index is -0.260. The molecular formula is C23H20N4O2S. The van der Waals surface area contributed by atoms with Crippen LogP contribution in [0.25, 0.3) is 22.6 Å². The summed E-state index contributed by atoms with van der Waals surface area (Å²) in [6, 6.07) is 15.0. The maximum Gasteiger partial charge on any atom is 0.259 e. The third-order valence-electron chi connectivity index (χ3n) is 4.60. The van der Waals surface area contributed by atoms with Crippen LogP contribution in [0, 0.1) is 13.8 Å². The van der Waals surface area contributed by atoms with Gasteiger partial charge in [0.05, 0.1) is 24.1 Å². The Bertz CT molecular complexity index is 1220. The second kappa shape index (κ2) is 8.42. The maximum atomic E-state index is 13.0. The molecule has 0 fully saturated rings. The second-order valence-electron chi connectivity index (χ2n) is 6.74. The molecule has 0 spiro atoms. The number of hydrogen-bond donors (Lipinski definition) is 1. The Hall–Kier alpha value is -3.58. The molecule has 4 rings (SSSR count). The molecule has 0 radical (unpaired) electrons. The number of ether oxygens (including phenoxy) is 1. The smallest absolute Gasteiger partial charge is 0.259 e. The van der Waals surface area contributed by atoms with Gasteiger partial charge >= 0.3 is 0 Å². The fourth-order valence-corrected chi connectivity index (χ4v) is 3.84. The SMILES string of the molecule is COc1ccc(-c2ncccc2C(=O)Nc2nc(-c3cccc(C)n3)cs2)cc1C. The van der Waals surface area contributed by atoms with E-state index in [1.807, 2.05) is 55.6 Å². The van der Waals surface area contributed by atoms with E-state index in [0.717, 1.165) is 34.0 Å². The van der Waals surface area contributed by atoms with Crippen LogP contribution < -0.4 is 10.1 Å². The molecular weight excluding hydrogens is 396 g/mol. The standard InChI is InChI=1S/C23H20N4O2S/c1-14-12-16(9-10-20(14)29-3)21-17(7-5-11-24-21)22(28)27-23-26-19(13-30-23)18-8-4-6-15(2)25-18/h4-13H,1-3H3,(H,26,27,28). The highest BCUT2D eigenvalue weighted by Crippen LogP contribution is 2.28. The predicted octanol–water partition coefficient (Wildman–Crippen LogP) is 5.14. The molecule has 7 heteroatoms. The molecule has 0 bridgehead atoms. The van der Waals surface area contributed by atoms with Gasteiger partial charge in [-0.2, -0.15) is 0 Å². The van der Waals surface area contributed by atoms with Gasteiger partial charge in [-0.3, -0.25) is 20.1 Å². The molecule has 4 aromatic rings. The summed E-state index contributed by atoms with van der Waals surface area (Å²) in [6.07, 6.45) is 1.68. The Balaban J connectivity index is 1.60. The predicted molar refractivity (Wildman–Crippen MR) is 119 cm³/mol. The van der Waals surface area contributed by atoms with Crippen LogP contribution in [0.5, 0.6) is 5.75 Å². The Morgan fingerprint density at radius 2 is 1.90 bits per heavy atom. The molecule has 0 unspecified atom stereocenters. The molecule has 6 nitrogen and oxygen atoms in total. The minimum Gasteiger partial charge on any atom is -0.496 e. The summed E-state index contributed by atoms with van der Waals surface area (Å²) < 4.78 is 5.33. The number of hydrogen-bond acceptors (Lipinski definition) is 6. The average Bonchev–Trinajstić information content (AvgIpc) is 3.22. The number of carbonyl (C=O) groups is 1. The minimum absolute atomic E-state index is 0.260. The number of pyridine rings is 2. The van der Waals surface area contributed by atoms with Gasteiger partial charge in [-0.15, -0.1) is 11.3 Å². The molecule has 1 amide bonds. The monoisotopic (exact) mass is 416 g/mol. The van der Waals surface area contributed by atoms with Crippen LogP contribution in [0.1, 0.15) is 21.6 Å². The van der Waals surface area contributed by atoms with E-state index >= 15 is 0 Å². The van der Waals surface area contributed by atoms with Gasteiger partial charge in [0.15, 0.2) is 5.13 Å². The van der Waals surface area contributed by atoms with Gasteiger partial charge in [-0.25, -0.2) is 4.98 Å². The van der Waals surface area contributed by atoms with Crippen LogP contribution in [-0.2, 0) is 0 Å². The van der Waals surface area contributed by atoms with Crippen molar-refractivity contribution in [1.82, 2.24) is 15.0 Å². The van der Waals surface area contributed by atoms with Crippen molar-refractivity contribution >= 4 is 22.4 Å². The van der Waals surface area contributed by atoms with Gasteiger partial charge < -0.3 is 4.74 Å². The first kappa shape index (κ1) is 19.7. The molecule has 0 saturated heterocycles. The first-order valence-electron chi connectivity index (χ1n) is 9.36. The number of nitrogens with one attached hydrogen (secondary N) is 1. The number of aromatic nitrogens is 3. The van der Waals surface area contributed by atoms with E-state index in [9.17, 15) is 4.79 Å². The lowest BCUT2D eigenvalue weighted by molar-refractivity contribution is 0.102. The highest BCUT2D eigenvalue weighted by Gasteiger charge is 2.16. The molecule has 3 heterocycles. The molecule has 1 aromatic carbocycles. The Morgan fingerprint density at radius 3 is 2.67 bits per heavy atom. The lowest BCUT2D eigenvalue weighted by Gasteiger charge is -2.10. The maximum absolute atomic E-state index is 13.0. The van der Waals surface area contributed by atoms with Gasteiger partial charge in [0, 0.05) is 22.8 Å². The third-order valence-corrected chi connectivity index (χ3v) is 5.35. The summed E-state index contributed by atoms with van der Waals surface area (Å²) in [5.41, 5.74) is 5.34. The van der Waals surface area contributed by atoms with E-state index in [0.29, 0.717) is 16.4 Å². The average molecular weight is 417 g/mol. The largest absolute Gasteiger partial charge is 0.496 e. The van der Waals surface area contributed by atoms with Gasteiger partial charge in [-0.05, 0) is 61.9 Å². The summed E-state index contributed by atoms with van der Waals surface area (Å²) in [5.74, 6) is 0.533. The number of aryl methyl sites for hydroxylation is 2. The summed E-state index contributed by atoms with van der Waals surface area (Å²) in [6.45, 7) is 3.89. The molecule has 3 aromatic heterocycles. The van der Waals surface area contributed by atoms with E-state index in [2.05, 4.69) is 20.3 Å². The number of benzene rings is 1. The molecule has 0 aliphatic rings. The Morgan fingerprint density at radius 1 is 1.03 bits per heavy atom. The zero-order valence-electron chi connectivity index (χ0n) is 16.8. The highest BCUT2D eigenvalue weighted by atomic mass is 32.1. The number of methoxy groups -OCH3 is 1. The van der Waals surface area contributed by atoms with Crippen molar-refractivity contribution in [2.24, 2.45) is 0 Å². The summed E-state index contributed by atoms with van der Waals surface area (Å²) >= 11 is 1.36. The van der Waals surface area contributed by atoms with Crippen molar-refractivity contribution in [3.05, 3.63) is 76.9 Å². The molecule has 0 aliphatic carbocycles. The van der Waals surface area contributed by atoms with Gasteiger partial charge in [-0.1, -0.05) is 6.07 Å². The number of anilines is 1. The van der Waals surface area contributed by atoms with E-state index in [4.69, 9.17) is 4.74 Å². The molecule has 0 saturated carbocycles. The van der Waals surface area contributed by atoms with Crippen LogP contribution in [-0.4, -0.2) is 28.0 Å². The van der Waals surface area contributed by atoms with Gasteiger partial charge in [0.1, 0.15) is 11.4 Å². The normalized spacial score (nSPS) is 10.6. The first-order valence-corrected chi connectivity index (χ1v) is 10.2. The van der Waals surface area contributed by atoms with Crippen LogP contribution in [0.15, 0.2) is 60.1 Å². The van der Waals surface area contributed by atoms with Gasteiger partial charge in [0.2, 0.25) is 0 Å². The first-order chi connectivity index (χ1) is 14.5. The van der Waals surface area contributed by atoms with E-state index in [-0.39, 0.29) is 5.91 Å². The summed E-state index contributed by atoms with van der Waals surface area (Å²) in [7, 11) is 1.64. The topological polar surface area (TPSA) is 77.0 Å². The zero-order valence-corrected chi connectivity index (χ0v) is 17.7. The summed E-state index contributed by atoms with van der Waals surface area (Å²) in [5, 5.41) is 5.28. The third kappa shape index (κ3) is 4.06. The van der Waals surface area contributed by atoms with Crippen molar-refractivity contribution in [2.75, 3.05) is 12.4 Å². The van der Waals surface area contributed by atoms with Crippen molar-refractivity contribution in [3.8, 4) is 28.4 Å². The quantitative estimate of drug-likeness (QED) is 0.487. The van der Waals surface area contributed by atoms with Crippen LogP contribution >= 0.6 is 11.3 Å². The van der Waals surface area contributed by atoms with Crippen LogP contribution in [0.4, 0.5) is 5.13 Å². The molecule has 1 N–H and O–H groups in total. The number of rotatable bonds is 5. The number of carbonyl (C=O) groups excluding carboxylic acids is 1. The Labute approximate surface area is 178 Å². The summed E-state index contributed by atoms with van der Waals surface area (Å²) in [4.78, 5) is 26.4. The number of amides is 1. The second-order valence-corrected chi connectivity index (χ2v) is 7.60. The van der Waals surface area contributed by atoms with E-state index < -0.39 is 0 Å². The van der Waals surface area contributed by atoms with Crippen molar-refractivity contribution in [3.63, 3.8) is 0 Å². The molecule has 30 heavy (non-hydrogen) atoms. The van der Waals surface area contributed by atoms with E-state index in [1.165, 1.54) is 11.3 Å². The fourth-order valence-electron chi connectivity index (χ4n) is 3.14. The van der Waals surface area contributed by atoms with Crippen molar-refractivity contribution < 1.29 is 9.53 Å². The lowest BCUT2D eigenvalue weighted by atomic mass is 10.0. The van der Waals surface area contributed by atoms with Crippen LogP contribution in [0.3, 0.4) is 0 Å². The zero-order chi connectivity index (χ0) is 21.1. The fraction of sp³-hybridized carbons (Fsp3) is 0.130. The molecule has 0 atom stereocenters. The highest BCUT2D eigenvalue weighted by molar-refractivity contribution is 7.14. The lowest BCUT2D eigenvalue weighted by Crippen LogP contribution is -2.13. The van der Waals surface area contributed by atoms with Crippen molar-refractivity contribution in [2.45, 2.75) is 13.8 Å². The number of thiazole rings is 1. The van der Waals surface area contributed by atoms with Crippen LogP contribution in [0.2, 0.25) is 0 Å². The molecule has 150 valence electrons. The van der Waals surface area contributed by atoms with E-state index in [1.54, 1.807) is 25.4 Å². The Kier molecular flexibility index (Phi) is 5.54. The molecule has 0 aliphatic heterocycles. The van der Waals surface area contributed by atoms with Crippen molar-refractivity contribution in [1.29, 1.82) is 0 Å².